The first kappa shape index (κ1) is 90.0. The monoisotopic (exact) mass is 1900 g/mol. The molecule has 108 heavy (non-hydrogen) atoms. The molecule has 0 atom stereocenters. The Morgan fingerprint density at radius 2 is 0.704 bits per heavy atom. The van der Waals surface area contributed by atoms with Crippen LogP contribution in [0.3, 0.4) is 0 Å². The SMILES string of the molecule is CC(C)Nc1cc(C#N)cc(COc2c(Br)cc(C(=O)NCC(=O)O)cc2Br)c1.CC(C)Nc1cc(C#N)cc(COc2c(Br)cc(CCC(=O)O)cc2Br)c1.CC(C)Nc1cc(C#N)cc(COc2c(Cl)cc(CCC(=O)O)cc2Cl)c1.CC(C)Nc1cc(F)cc(COc2c(Br)cc(CC(=O)O)cc2Br)c1. The number of carboxylic acids is 4. The van der Waals surface area contributed by atoms with Gasteiger partial charge in [-0.25, -0.2) is 4.39 Å². The van der Waals surface area contributed by atoms with Crippen LogP contribution >= 0.6 is 119 Å². The molecule has 0 unspecified atom stereocenters. The maximum Gasteiger partial charge on any atom is 0.322 e. The predicted molar refractivity (Wildman–Crippen MR) is 437 cm³/mol. The summed E-state index contributed by atoms with van der Waals surface area (Å²) in [6.07, 6.45) is 0.779. The minimum absolute atomic E-state index is 0.000554. The molecule has 0 bridgehead atoms. The van der Waals surface area contributed by atoms with Gasteiger partial charge in [0.2, 0.25) is 0 Å². The molecule has 0 saturated heterocycles. The van der Waals surface area contributed by atoms with Gasteiger partial charge in [0.1, 0.15) is 56.0 Å². The number of hydrogen-bond acceptors (Lipinski definition) is 16. The highest BCUT2D eigenvalue weighted by molar-refractivity contribution is 9.12. The van der Waals surface area contributed by atoms with E-state index in [2.05, 4.69) is 140 Å². The highest BCUT2D eigenvalue weighted by Crippen LogP contribution is 2.40. The van der Waals surface area contributed by atoms with E-state index in [1.807, 2.05) is 97.9 Å². The standard InChI is InChI=1S/C20H19Br2N3O4.C20H20Br2N2O3.C20H20Cl2N2O3.C18H18Br2FNO3/c1-11(2)25-15-4-12(8-23)3-13(5-15)10-29-19-16(21)6-14(7-17(19)22)20(28)24-9-18(26)27;2*1-12(2)24-16-6-14(10-23)5-15(7-16)11-27-20-17(21)8-13(9-18(20)22)3-4-19(25)26;1-10(2)22-14-4-12(3-13(21)8-14)9-25-18-15(19)5-11(6-16(18)20)7-17(23)24/h3-7,11,25H,9-10H2,1-2H3,(H,24,28)(H,26,27);2*5-9,12,24H,3-4,11H2,1-2H3,(H,25,26);3-6,8,10,22H,7,9H2,1-2H3,(H,23,24). The number of benzene rings is 8. The molecule has 570 valence electrons. The smallest absolute Gasteiger partial charge is 0.322 e. The Bertz CT molecular complexity index is 4430. The lowest BCUT2D eigenvalue weighted by atomic mass is 10.1. The molecule has 1 amide bonds. The summed E-state index contributed by atoms with van der Waals surface area (Å²) in [5, 5.41) is 78.8. The van der Waals surface area contributed by atoms with E-state index in [9.17, 15) is 44.1 Å². The Morgan fingerprint density at radius 3 is 1.02 bits per heavy atom. The summed E-state index contributed by atoms with van der Waals surface area (Å²) in [7, 11) is 0. The van der Waals surface area contributed by atoms with Crippen molar-refractivity contribution in [2.45, 2.75) is 138 Å². The molecule has 8 rings (SSSR count). The van der Waals surface area contributed by atoms with Crippen LogP contribution in [-0.4, -0.2) is 80.9 Å². The Kier molecular flexibility index (Phi) is 37.3. The molecule has 30 heteroatoms. The first-order chi connectivity index (χ1) is 51.0. The van der Waals surface area contributed by atoms with Gasteiger partial charge in [0.05, 0.1) is 78.2 Å². The number of aryl methyl sites for hydroxylation is 2. The fraction of sp³-hybridized carbons (Fsp3) is 0.282. The number of aliphatic carboxylic acids is 4. The maximum absolute atomic E-state index is 13.8. The first-order valence-electron chi connectivity index (χ1n) is 33.1. The summed E-state index contributed by atoms with van der Waals surface area (Å²) in [5.41, 5.74) is 10.6. The van der Waals surface area contributed by atoms with Crippen molar-refractivity contribution in [3.05, 3.63) is 225 Å². The van der Waals surface area contributed by atoms with Gasteiger partial charge in [-0.05, 0) is 324 Å². The molecule has 8 aromatic rings. The number of nitrogens with zero attached hydrogens (tertiary/aromatic N) is 3. The second-order valence-corrected chi connectivity index (χ2v) is 31.1. The van der Waals surface area contributed by atoms with Crippen LogP contribution in [-0.2, 0) is 64.9 Å². The van der Waals surface area contributed by atoms with Gasteiger partial charge in [-0.3, -0.25) is 24.0 Å². The molecule has 21 nitrogen and oxygen atoms in total. The molecule has 8 aromatic carbocycles. The largest absolute Gasteiger partial charge is 0.487 e. The Morgan fingerprint density at radius 1 is 0.398 bits per heavy atom. The van der Waals surface area contributed by atoms with Crippen molar-refractivity contribution < 1.29 is 67.7 Å². The number of carbonyl (C=O) groups excluding carboxylic acids is 1. The highest BCUT2D eigenvalue weighted by Gasteiger charge is 2.19. The average molecular weight is 1900 g/mol. The highest BCUT2D eigenvalue weighted by atomic mass is 79.9. The zero-order chi connectivity index (χ0) is 80.1. The normalized spacial score (nSPS) is 10.5. The number of nitriles is 3. The lowest BCUT2D eigenvalue weighted by Gasteiger charge is -2.15. The van der Waals surface area contributed by atoms with E-state index in [0.29, 0.717) is 104 Å². The van der Waals surface area contributed by atoms with Crippen LogP contribution in [0.25, 0.3) is 0 Å². The number of nitrogens with one attached hydrogen (secondary N) is 5. The van der Waals surface area contributed by atoms with E-state index in [-0.39, 0.29) is 74.6 Å². The molecule has 9 N–H and O–H groups in total. The lowest BCUT2D eigenvalue weighted by Crippen LogP contribution is -2.29. The zero-order valence-electron chi connectivity index (χ0n) is 59.6. The number of carbonyl (C=O) groups is 5. The van der Waals surface area contributed by atoms with Crippen LogP contribution in [0.1, 0.15) is 134 Å². The number of anilines is 4. The van der Waals surface area contributed by atoms with Crippen LogP contribution in [0.5, 0.6) is 23.0 Å². The summed E-state index contributed by atoms with van der Waals surface area (Å²) in [6.45, 7) is 16.5. The molecular formula is C78H77Br6Cl2FN8O13. The van der Waals surface area contributed by atoms with E-state index in [1.54, 1.807) is 66.7 Å². The number of carboxylic acid groups (broad SMARTS) is 4. The summed E-state index contributed by atoms with van der Waals surface area (Å²) >= 11 is 33.0. The second kappa shape index (κ2) is 44.7. The fourth-order valence-corrected chi connectivity index (χ4v) is 15.0. The fourth-order valence-electron chi connectivity index (χ4n) is 9.95. The van der Waals surface area contributed by atoms with E-state index in [0.717, 1.165) is 53.8 Å². The number of ether oxygens (including phenoxy) is 4. The third kappa shape index (κ3) is 31.9. The third-order valence-electron chi connectivity index (χ3n) is 14.1. The molecule has 0 heterocycles. The minimum Gasteiger partial charge on any atom is -0.487 e. The van der Waals surface area contributed by atoms with Gasteiger partial charge in [-0.15, -0.1) is 0 Å². The van der Waals surface area contributed by atoms with Crippen molar-refractivity contribution in [3.63, 3.8) is 0 Å². The molecular weight excluding hydrogens is 1830 g/mol. The van der Waals surface area contributed by atoms with E-state index in [1.165, 1.54) is 12.1 Å². The van der Waals surface area contributed by atoms with Crippen molar-refractivity contribution in [3.8, 4) is 41.2 Å². The first-order valence-corrected chi connectivity index (χ1v) is 38.6. The molecule has 0 spiro atoms. The molecule has 0 aromatic heterocycles. The van der Waals surface area contributed by atoms with E-state index < -0.39 is 36.3 Å². The molecule has 0 fully saturated rings. The van der Waals surface area contributed by atoms with Crippen LogP contribution in [0, 0.1) is 39.8 Å². The van der Waals surface area contributed by atoms with Crippen LogP contribution in [0.4, 0.5) is 27.1 Å². The topological polar surface area (TPSA) is 335 Å². The van der Waals surface area contributed by atoms with Gasteiger partial charge >= 0.3 is 23.9 Å². The van der Waals surface area contributed by atoms with Gasteiger partial charge < -0.3 is 66.0 Å². The van der Waals surface area contributed by atoms with Crippen molar-refractivity contribution in [1.82, 2.24) is 5.32 Å². The molecule has 0 radical (unpaired) electrons. The summed E-state index contributed by atoms with van der Waals surface area (Å²) in [6, 6.07) is 42.0. The third-order valence-corrected chi connectivity index (χ3v) is 18.2. The molecule has 0 aliphatic rings. The number of rotatable bonds is 31. The summed E-state index contributed by atoms with van der Waals surface area (Å²) < 4.78 is 41.0. The minimum atomic E-state index is -1.12. The van der Waals surface area contributed by atoms with Gasteiger partial charge in [0.15, 0.2) is 5.75 Å². The zero-order valence-corrected chi connectivity index (χ0v) is 70.7. The molecule has 0 aliphatic carbocycles. The number of amides is 1. The summed E-state index contributed by atoms with van der Waals surface area (Å²) in [4.78, 5) is 54.9. The Labute approximate surface area is 686 Å². The van der Waals surface area contributed by atoms with E-state index in [4.69, 9.17) is 62.6 Å². The average Bonchev–Trinajstić information content (AvgIpc) is 0.944. The number of halogens is 9. The van der Waals surface area contributed by atoms with Crippen molar-refractivity contribution in [2.75, 3.05) is 27.8 Å². The van der Waals surface area contributed by atoms with Gasteiger partial charge in [-0.1, -0.05) is 23.2 Å². The summed E-state index contributed by atoms with van der Waals surface area (Å²) in [5.74, 6) is -2.59. The Hall–Kier alpha value is -8.63. The second-order valence-electron chi connectivity index (χ2n) is 25.2. The van der Waals surface area contributed by atoms with Crippen LogP contribution in [0.15, 0.2) is 148 Å². The van der Waals surface area contributed by atoms with Gasteiger partial charge in [0.25, 0.3) is 5.91 Å². The quantitative estimate of drug-likeness (QED) is 0.0195. The van der Waals surface area contributed by atoms with Crippen molar-refractivity contribution in [2.24, 2.45) is 0 Å². The maximum atomic E-state index is 13.8. The predicted octanol–water partition coefficient (Wildman–Crippen LogP) is 20.5. The van der Waals surface area contributed by atoms with Gasteiger partial charge in [0, 0.05) is 65.3 Å². The molecule has 0 aliphatic heterocycles. The van der Waals surface area contributed by atoms with Crippen LogP contribution in [0.2, 0.25) is 10.0 Å². The van der Waals surface area contributed by atoms with Gasteiger partial charge in [-0.2, -0.15) is 15.8 Å². The Balaban J connectivity index is 0.000000258. The lowest BCUT2D eigenvalue weighted by molar-refractivity contribution is -0.138. The van der Waals surface area contributed by atoms with Crippen molar-refractivity contribution in [1.29, 1.82) is 15.8 Å². The van der Waals surface area contributed by atoms with E-state index >= 15 is 0 Å². The number of hydrogen-bond donors (Lipinski definition) is 9. The molecule has 0 saturated carbocycles. The van der Waals surface area contributed by atoms with Crippen molar-refractivity contribution >= 4 is 171 Å². The van der Waals surface area contributed by atoms with Crippen LogP contribution < -0.4 is 45.5 Å².